The van der Waals surface area contributed by atoms with Crippen LogP contribution in [0.3, 0.4) is 0 Å². The molecule has 100 valence electrons. The molecule has 4 nitrogen and oxygen atoms in total. The summed E-state index contributed by atoms with van der Waals surface area (Å²) in [6.45, 7) is 2.60. The van der Waals surface area contributed by atoms with Crippen molar-refractivity contribution in [3.05, 3.63) is 0 Å². The van der Waals surface area contributed by atoms with Crippen LogP contribution in [-0.4, -0.2) is 49.8 Å². The summed E-state index contributed by atoms with van der Waals surface area (Å²) >= 11 is 1.87. The molecule has 1 saturated heterocycles. The van der Waals surface area contributed by atoms with Gasteiger partial charge in [0.05, 0.1) is 5.75 Å². The Morgan fingerprint density at radius 3 is 2.82 bits per heavy atom. The number of sulfone groups is 1. The number of Topliss-reactive ketones (excluding diaryl/α,β-unsaturated/α-hetero) is 1. The Kier molecular flexibility index (Phi) is 6.51. The van der Waals surface area contributed by atoms with Crippen LogP contribution in [0, 0.1) is 0 Å². The number of carbonyl (C=O) groups excluding carboxylic acids is 1. The molecule has 1 N–H and O–H groups in total. The molecule has 1 atom stereocenters. The molecule has 6 heteroatoms. The first-order valence-electron chi connectivity index (χ1n) is 6.07. The van der Waals surface area contributed by atoms with Gasteiger partial charge in [-0.2, -0.15) is 11.8 Å². The number of ketones is 1. The average Bonchev–Trinajstić information content (AvgIpc) is 2.30. The maximum atomic E-state index is 11.6. The lowest BCUT2D eigenvalue weighted by molar-refractivity contribution is -0.119. The van der Waals surface area contributed by atoms with E-state index < -0.39 is 9.84 Å². The Balaban J connectivity index is 2.16. The van der Waals surface area contributed by atoms with E-state index >= 15 is 0 Å². The summed E-state index contributed by atoms with van der Waals surface area (Å²) in [5, 5.41) is 3.31. The van der Waals surface area contributed by atoms with Gasteiger partial charge in [-0.05, 0) is 6.42 Å². The number of nitrogens with one attached hydrogen (secondary N) is 1. The fourth-order valence-electron chi connectivity index (χ4n) is 1.76. The SMILES string of the molecule is CCS(=O)(=O)CCCC(=O)CC1CSCCN1. The maximum Gasteiger partial charge on any atom is 0.150 e. The largest absolute Gasteiger partial charge is 0.312 e. The molecular formula is C11H21NO3S2. The molecule has 0 amide bonds. The zero-order valence-electron chi connectivity index (χ0n) is 10.3. The van der Waals surface area contributed by atoms with Crippen LogP contribution in [0.25, 0.3) is 0 Å². The van der Waals surface area contributed by atoms with Crippen molar-refractivity contribution in [2.75, 3.05) is 29.6 Å². The second kappa shape index (κ2) is 7.38. The van der Waals surface area contributed by atoms with Gasteiger partial charge in [0.1, 0.15) is 15.6 Å². The van der Waals surface area contributed by atoms with Gasteiger partial charge in [-0.1, -0.05) is 6.92 Å². The number of thioether (sulfide) groups is 1. The lowest BCUT2D eigenvalue weighted by atomic mass is 10.1. The first-order chi connectivity index (χ1) is 8.03. The van der Waals surface area contributed by atoms with Crippen LogP contribution in [0.2, 0.25) is 0 Å². The van der Waals surface area contributed by atoms with Crippen molar-refractivity contribution in [3.63, 3.8) is 0 Å². The molecule has 0 aliphatic carbocycles. The first kappa shape index (κ1) is 15.0. The highest BCUT2D eigenvalue weighted by molar-refractivity contribution is 7.99. The van der Waals surface area contributed by atoms with Crippen molar-refractivity contribution >= 4 is 27.4 Å². The molecule has 0 aromatic heterocycles. The van der Waals surface area contributed by atoms with Crippen LogP contribution in [0.1, 0.15) is 26.2 Å². The van der Waals surface area contributed by atoms with Crippen LogP contribution in [-0.2, 0) is 14.6 Å². The molecule has 1 fully saturated rings. The van der Waals surface area contributed by atoms with Crippen LogP contribution in [0.4, 0.5) is 0 Å². The number of hydrogen-bond acceptors (Lipinski definition) is 5. The fourth-order valence-corrected chi connectivity index (χ4v) is 3.58. The van der Waals surface area contributed by atoms with E-state index in [4.69, 9.17) is 0 Å². The summed E-state index contributed by atoms with van der Waals surface area (Å²) in [6, 6.07) is 0.282. The minimum atomic E-state index is -2.92. The highest BCUT2D eigenvalue weighted by atomic mass is 32.2. The molecule has 1 aliphatic heterocycles. The molecule has 0 aromatic carbocycles. The van der Waals surface area contributed by atoms with Crippen molar-refractivity contribution < 1.29 is 13.2 Å². The minimum absolute atomic E-state index is 0.141. The Hall–Kier alpha value is -0.0700. The van der Waals surface area contributed by atoms with Crippen LogP contribution >= 0.6 is 11.8 Å². The summed E-state index contributed by atoms with van der Waals surface area (Å²) in [7, 11) is -2.92. The fraction of sp³-hybridized carbons (Fsp3) is 0.909. The summed E-state index contributed by atoms with van der Waals surface area (Å²) in [6.07, 6.45) is 1.40. The molecule has 1 heterocycles. The summed E-state index contributed by atoms with van der Waals surface area (Å²) < 4.78 is 22.5. The van der Waals surface area contributed by atoms with E-state index in [9.17, 15) is 13.2 Å². The Bertz CT molecular complexity index is 335. The number of hydrogen-bond donors (Lipinski definition) is 1. The summed E-state index contributed by atoms with van der Waals surface area (Å²) in [5.41, 5.74) is 0. The molecule has 0 saturated carbocycles. The number of rotatable bonds is 7. The van der Waals surface area contributed by atoms with E-state index in [1.54, 1.807) is 6.92 Å². The topological polar surface area (TPSA) is 63.2 Å². The summed E-state index contributed by atoms with van der Waals surface area (Å²) in [5.74, 6) is 2.58. The zero-order valence-corrected chi connectivity index (χ0v) is 11.9. The van der Waals surface area contributed by atoms with Crippen LogP contribution < -0.4 is 5.32 Å². The molecule has 0 aromatic rings. The third-order valence-electron chi connectivity index (χ3n) is 2.82. The van der Waals surface area contributed by atoms with Crippen molar-refractivity contribution in [1.82, 2.24) is 5.32 Å². The van der Waals surface area contributed by atoms with E-state index in [2.05, 4.69) is 5.32 Å². The molecule has 1 aliphatic rings. The van der Waals surface area contributed by atoms with Crippen LogP contribution in [0.5, 0.6) is 0 Å². The monoisotopic (exact) mass is 279 g/mol. The maximum absolute atomic E-state index is 11.6. The Morgan fingerprint density at radius 2 is 2.24 bits per heavy atom. The zero-order chi connectivity index (χ0) is 12.7. The van der Waals surface area contributed by atoms with Crippen molar-refractivity contribution in [2.45, 2.75) is 32.2 Å². The smallest absolute Gasteiger partial charge is 0.150 e. The molecule has 1 unspecified atom stereocenters. The minimum Gasteiger partial charge on any atom is -0.312 e. The van der Waals surface area contributed by atoms with E-state index in [0.29, 0.717) is 19.3 Å². The third-order valence-corrected chi connectivity index (χ3v) is 5.74. The van der Waals surface area contributed by atoms with E-state index in [-0.39, 0.29) is 23.3 Å². The van der Waals surface area contributed by atoms with Gasteiger partial charge >= 0.3 is 0 Å². The standard InChI is InChI=1S/C11H21NO3S2/c1-2-17(14,15)7-3-4-11(13)8-10-9-16-6-5-12-10/h10,12H,2-9H2,1H3. The Morgan fingerprint density at radius 1 is 1.47 bits per heavy atom. The van der Waals surface area contributed by atoms with Crippen molar-refractivity contribution in [2.24, 2.45) is 0 Å². The molecule has 1 rings (SSSR count). The van der Waals surface area contributed by atoms with Gasteiger partial charge in [-0.25, -0.2) is 8.42 Å². The van der Waals surface area contributed by atoms with Crippen LogP contribution in [0.15, 0.2) is 0 Å². The Labute approximate surface area is 108 Å². The van der Waals surface area contributed by atoms with Gasteiger partial charge in [0.2, 0.25) is 0 Å². The summed E-state index contributed by atoms with van der Waals surface area (Å²) in [4.78, 5) is 11.6. The highest BCUT2D eigenvalue weighted by Gasteiger charge is 2.17. The predicted molar refractivity (Wildman–Crippen MR) is 72.3 cm³/mol. The highest BCUT2D eigenvalue weighted by Crippen LogP contribution is 2.12. The van der Waals surface area contributed by atoms with E-state index in [1.807, 2.05) is 11.8 Å². The van der Waals surface area contributed by atoms with Gasteiger partial charge in [0, 0.05) is 42.7 Å². The van der Waals surface area contributed by atoms with Gasteiger partial charge in [-0.3, -0.25) is 4.79 Å². The quantitative estimate of drug-likeness (QED) is 0.749. The van der Waals surface area contributed by atoms with E-state index in [1.165, 1.54) is 0 Å². The lowest BCUT2D eigenvalue weighted by Gasteiger charge is -2.22. The van der Waals surface area contributed by atoms with Gasteiger partial charge < -0.3 is 5.32 Å². The second-order valence-corrected chi connectivity index (χ2v) is 7.93. The molecule has 0 spiro atoms. The molecule has 0 radical (unpaired) electrons. The first-order valence-corrected chi connectivity index (χ1v) is 9.04. The van der Waals surface area contributed by atoms with E-state index in [0.717, 1.165) is 18.1 Å². The predicted octanol–water partition coefficient (Wildman–Crippen LogP) is 0.866. The van der Waals surface area contributed by atoms with Gasteiger partial charge in [0.25, 0.3) is 0 Å². The normalized spacial score (nSPS) is 21.4. The number of carbonyl (C=O) groups is 1. The third kappa shape index (κ3) is 6.43. The molecule has 17 heavy (non-hydrogen) atoms. The average molecular weight is 279 g/mol. The van der Waals surface area contributed by atoms with Gasteiger partial charge in [0.15, 0.2) is 0 Å². The molecular weight excluding hydrogens is 258 g/mol. The van der Waals surface area contributed by atoms with Crippen molar-refractivity contribution in [1.29, 1.82) is 0 Å². The van der Waals surface area contributed by atoms with Crippen molar-refractivity contribution in [3.8, 4) is 0 Å². The second-order valence-electron chi connectivity index (χ2n) is 4.31. The molecule has 0 bridgehead atoms. The lowest BCUT2D eigenvalue weighted by Crippen LogP contribution is -2.38. The van der Waals surface area contributed by atoms with Gasteiger partial charge in [-0.15, -0.1) is 0 Å².